The predicted octanol–water partition coefficient (Wildman–Crippen LogP) is 12.5. The van der Waals surface area contributed by atoms with Crippen LogP contribution in [0.5, 0.6) is 0 Å². The van der Waals surface area contributed by atoms with Gasteiger partial charge in [-0.25, -0.2) is 0 Å². The number of hydrogen-bond acceptors (Lipinski definition) is 7. The molecule has 2 aliphatic carbocycles. The molecule has 0 unspecified atom stereocenters. The molecule has 0 saturated heterocycles. The van der Waals surface area contributed by atoms with Gasteiger partial charge in [0.25, 0.3) is 0 Å². The second-order valence-electron chi connectivity index (χ2n) is 20.2. The van der Waals surface area contributed by atoms with Gasteiger partial charge in [-0.1, -0.05) is 95.5 Å². The fourth-order valence-electron chi connectivity index (χ4n) is 9.91. The molecule has 4 amide bonds. The van der Waals surface area contributed by atoms with Crippen LogP contribution in [0, 0.1) is 27.7 Å². The number of nitrogens with zero attached hydrogens (tertiary/aromatic N) is 4. The first kappa shape index (κ1) is 57.6. The first-order valence-electron chi connectivity index (χ1n) is 27.8. The van der Waals surface area contributed by atoms with E-state index in [0.717, 1.165) is 45.0 Å². The summed E-state index contributed by atoms with van der Waals surface area (Å²) >= 11 is 0. The van der Waals surface area contributed by atoms with Crippen LogP contribution in [0.3, 0.4) is 0 Å². The normalized spacial score (nSPS) is 13.9. The van der Waals surface area contributed by atoms with Crippen molar-refractivity contribution < 1.29 is 29.1 Å². The SMILES string of the molecule is CCN(CC)C(=O)CCCCCC(=O)NC1=CC(=[N+](c2ccc(C)cc2)c2ccc(C)cc2)C=CC1=C1C(=O)C(c2ccc(N(c3ccc(C)cc3)c3ccc(C)cc3)cc2NC(=O)CCCCCC(=O)N(CC)CC)=C1[O-]. The van der Waals surface area contributed by atoms with Crippen LogP contribution in [0.25, 0.3) is 5.57 Å². The third-order valence-electron chi connectivity index (χ3n) is 14.5. The van der Waals surface area contributed by atoms with Crippen LogP contribution in [0.15, 0.2) is 156 Å². The minimum Gasteiger partial charge on any atom is -0.871 e. The number of ketones is 1. The molecular formula is C66H76N6O6. The Bertz CT molecular complexity index is 3040. The molecular weight excluding hydrogens is 973 g/mol. The molecule has 0 radical (unpaired) electrons. The van der Waals surface area contributed by atoms with Crippen molar-refractivity contribution in [3.63, 3.8) is 0 Å². The van der Waals surface area contributed by atoms with E-state index in [1.807, 2.05) is 187 Å². The van der Waals surface area contributed by atoms with E-state index in [0.29, 0.717) is 100 Å². The van der Waals surface area contributed by atoms with Crippen molar-refractivity contribution in [2.75, 3.05) is 36.4 Å². The molecule has 12 nitrogen and oxygen atoms in total. The van der Waals surface area contributed by atoms with Gasteiger partial charge in [-0.2, -0.15) is 4.58 Å². The lowest BCUT2D eigenvalue weighted by Gasteiger charge is -2.34. The number of unbranched alkanes of at least 4 members (excludes halogenated alkanes) is 4. The lowest BCUT2D eigenvalue weighted by atomic mass is 9.78. The van der Waals surface area contributed by atoms with Gasteiger partial charge in [0.15, 0.2) is 5.78 Å². The molecule has 0 bridgehead atoms. The van der Waals surface area contributed by atoms with Crippen LogP contribution in [0.4, 0.5) is 34.1 Å². The van der Waals surface area contributed by atoms with Gasteiger partial charge in [0.2, 0.25) is 40.7 Å². The van der Waals surface area contributed by atoms with E-state index in [-0.39, 0.29) is 58.8 Å². The van der Waals surface area contributed by atoms with Crippen LogP contribution in [0.2, 0.25) is 0 Å². The largest absolute Gasteiger partial charge is 0.871 e. The number of carbonyl (C=O) groups is 5. The average Bonchev–Trinajstić information content (AvgIpc) is 3.47. The molecule has 5 aromatic carbocycles. The topological polar surface area (TPSA) is 145 Å². The summed E-state index contributed by atoms with van der Waals surface area (Å²) in [6.45, 7) is 18.6. The van der Waals surface area contributed by atoms with Gasteiger partial charge in [0.05, 0.1) is 11.4 Å². The Morgan fingerprint density at radius 3 is 1.37 bits per heavy atom. The third kappa shape index (κ3) is 14.3. The zero-order valence-corrected chi connectivity index (χ0v) is 46.8. The molecule has 0 aliphatic heterocycles. The maximum absolute atomic E-state index is 14.9. The van der Waals surface area contributed by atoms with Gasteiger partial charge in [0, 0.05) is 128 Å². The molecule has 12 heteroatoms. The van der Waals surface area contributed by atoms with Crippen LogP contribution < -0.4 is 25.2 Å². The highest BCUT2D eigenvalue weighted by Crippen LogP contribution is 2.44. The number of Topliss-reactive ketones (excluding diaryl/α,β-unsaturated/α-hetero) is 1. The van der Waals surface area contributed by atoms with E-state index >= 15 is 0 Å². The Morgan fingerprint density at radius 2 is 0.923 bits per heavy atom. The summed E-state index contributed by atoms with van der Waals surface area (Å²) in [5, 5.41) is 21.1. The molecule has 2 aliphatic rings. The second kappa shape index (κ2) is 27.3. The van der Waals surface area contributed by atoms with Gasteiger partial charge in [-0.05, 0) is 124 Å². The number of nitrogens with one attached hydrogen (secondary N) is 2. The molecule has 78 heavy (non-hydrogen) atoms. The van der Waals surface area contributed by atoms with Crippen molar-refractivity contribution in [1.29, 1.82) is 0 Å². The summed E-state index contributed by atoms with van der Waals surface area (Å²) in [4.78, 5) is 73.8. The van der Waals surface area contributed by atoms with E-state index in [1.165, 1.54) is 0 Å². The maximum Gasteiger partial charge on any atom is 0.224 e. The van der Waals surface area contributed by atoms with Crippen molar-refractivity contribution >= 4 is 74.8 Å². The zero-order valence-electron chi connectivity index (χ0n) is 46.8. The monoisotopic (exact) mass is 1050 g/mol. The Kier molecular flexibility index (Phi) is 20.1. The van der Waals surface area contributed by atoms with Crippen molar-refractivity contribution in [3.8, 4) is 0 Å². The second-order valence-corrected chi connectivity index (χ2v) is 20.2. The van der Waals surface area contributed by atoms with Gasteiger partial charge in [-0.15, -0.1) is 0 Å². The number of carbonyl (C=O) groups excluding carboxylic acids is 5. The summed E-state index contributed by atoms with van der Waals surface area (Å²) in [6, 6.07) is 37.9. The van der Waals surface area contributed by atoms with E-state index in [1.54, 1.807) is 12.1 Å². The number of amides is 4. The summed E-state index contributed by atoms with van der Waals surface area (Å²) in [7, 11) is 0. The highest BCUT2D eigenvalue weighted by Gasteiger charge is 2.35. The van der Waals surface area contributed by atoms with Crippen LogP contribution in [-0.4, -0.2) is 71.1 Å². The van der Waals surface area contributed by atoms with E-state index in [9.17, 15) is 29.1 Å². The van der Waals surface area contributed by atoms with Crippen LogP contribution in [-0.2, 0) is 24.0 Å². The minimum absolute atomic E-state index is 0.0689. The van der Waals surface area contributed by atoms with Crippen molar-refractivity contribution in [3.05, 3.63) is 184 Å². The molecule has 2 N–H and O–H groups in total. The number of anilines is 4. The van der Waals surface area contributed by atoms with Crippen molar-refractivity contribution in [1.82, 2.24) is 19.7 Å². The molecule has 0 atom stereocenters. The Balaban J connectivity index is 1.27. The maximum atomic E-state index is 14.9. The minimum atomic E-state index is -0.509. The molecule has 0 saturated carbocycles. The Morgan fingerprint density at radius 1 is 0.500 bits per heavy atom. The van der Waals surface area contributed by atoms with Gasteiger partial charge >= 0.3 is 0 Å². The molecule has 0 aromatic heterocycles. The summed E-state index contributed by atoms with van der Waals surface area (Å²) in [5.41, 5.74) is 10.3. The average molecular weight is 1050 g/mol. The van der Waals surface area contributed by atoms with Crippen LogP contribution in [0.1, 0.15) is 120 Å². The quantitative estimate of drug-likeness (QED) is 0.0355. The van der Waals surface area contributed by atoms with Gasteiger partial charge < -0.3 is 30.4 Å². The van der Waals surface area contributed by atoms with E-state index < -0.39 is 11.5 Å². The molecule has 406 valence electrons. The molecule has 5 aromatic rings. The first-order valence-corrected chi connectivity index (χ1v) is 27.8. The summed E-state index contributed by atoms with van der Waals surface area (Å²) < 4.78 is 2.07. The smallest absolute Gasteiger partial charge is 0.224 e. The lowest BCUT2D eigenvalue weighted by Crippen LogP contribution is -2.34. The number of allylic oxidation sites excluding steroid dienone is 5. The van der Waals surface area contributed by atoms with Gasteiger partial charge in [-0.3, -0.25) is 24.0 Å². The number of hydrogen-bond donors (Lipinski definition) is 2. The molecule has 0 fully saturated rings. The highest BCUT2D eigenvalue weighted by molar-refractivity contribution is 6.40. The molecule has 0 heterocycles. The number of rotatable bonds is 24. The molecule has 7 rings (SSSR count). The first-order chi connectivity index (χ1) is 37.6. The lowest BCUT2D eigenvalue weighted by molar-refractivity contribution is -0.297. The van der Waals surface area contributed by atoms with E-state index in [4.69, 9.17) is 0 Å². The van der Waals surface area contributed by atoms with Gasteiger partial charge in [0.1, 0.15) is 0 Å². The Hall–Kier alpha value is -8.12. The predicted molar refractivity (Wildman–Crippen MR) is 314 cm³/mol. The highest BCUT2D eigenvalue weighted by atomic mass is 16.3. The van der Waals surface area contributed by atoms with Crippen LogP contribution >= 0.6 is 0 Å². The fourth-order valence-corrected chi connectivity index (χ4v) is 9.91. The zero-order chi connectivity index (χ0) is 55.9. The molecule has 0 spiro atoms. The number of benzene rings is 5. The van der Waals surface area contributed by atoms with Crippen molar-refractivity contribution in [2.45, 2.75) is 120 Å². The fraction of sp³-hybridized carbons (Fsp3) is 0.333. The third-order valence-corrected chi connectivity index (χ3v) is 14.5. The number of aryl methyl sites for hydroxylation is 4. The summed E-state index contributed by atoms with van der Waals surface area (Å²) in [6.07, 6.45) is 10.3. The van der Waals surface area contributed by atoms with Crippen molar-refractivity contribution in [2.24, 2.45) is 0 Å². The Labute approximate surface area is 461 Å². The summed E-state index contributed by atoms with van der Waals surface area (Å²) in [5.74, 6) is -1.38. The van der Waals surface area contributed by atoms with E-state index in [2.05, 4.69) is 20.1 Å². The standard InChI is InChI=1S/C66H76N6O6/c1-9-69(10-2)61(75)21-17-13-15-19-59(73)67-57-43-53(71(49-31-23-45(5)24-32-49)50-33-25-46(6)26-34-50)39-41-55(57)63-65(77)64(66(63)78)56-42-40-54(72(51-35-27-47(7)28-36-51)52-37-29-48(8)30-38-52)44-58(56)68-60(74)20-16-14-18-22-62(76)70(11-3)12-4/h23-44H,9-22H2,1-8H3,(H2,67,68,73,74,77,78).